The SMILES string of the molecule is COC(=O)c1ccc(S(=O)(=O)Oc2ccc(C3SCCS3)cc2OC)c(C)c1. The number of carbonyl (C=O) groups excluding carboxylic acids is 1. The van der Waals surface area contributed by atoms with E-state index in [1.165, 1.54) is 32.4 Å². The Labute approximate surface area is 173 Å². The Morgan fingerprint density at radius 1 is 1.04 bits per heavy atom. The molecule has 0 spiro atoms. The van der Waals surface area contributed by atoms with Crippen LogP contribution < -0.4 is 8.92 Å². The molecule has 9 heteroatoms. The molecule has 0 aromatic heterocycles. The molecule has 0 saturated carbocycles. The second kappa shape index (κ2) is 8.67. The van der Waals surface area contributed by atoms with Crippen molar-refractivity contribution in [2.45, 2.75) is 16.4 Å². The van der Waals surface area contributed by atoms with E-state index in [4.69, 9.17) is 8.92 Å². The van der Waals surface area contributed by atoms with Gasteiger partial charge in [0.1, 0.15) is 4.90 Å². The number of ether oxygens (including phenoxy) is 2. The van der Waals surface area contributed by atoms with Gasteiger partial charge < -0.3 is 13.7 Å². The summed E-state index contributed by atoms with van der Waals surface area (Å²) < 4.78 is 41.2. The molecule has 0 aliphatic carbocycles. The Morgan fingerprint density at radius 2 is 1.75 bits per heavy atom. The van der Waals surface area contributed by atoms with Crippen molar-refractivity contribution in [2.24, 2.45) is 0 Å². The van der Waals surface area contributed by atoms with Crippen LogP contribution in [0.4, 0.5) is 0 Å². The summed E-state index contributed by atoms with van der Waals surface area (Å²) >= 11 is 3.70. The third-order valence-corrected chi connectivity index (χ3v) is 8.65. The van der Waals surface area contributed by atoms with Crippen LogP contribution in [-0.2, 0) is 14.9 Å². The second-order valence-electron chi connectivity index (χ2n) is 5.99. The van der Waals surface area contributed by atoms with Gasteiger partial charge in [-0.1, -0.05) is 6.07 Å². The molecule has 2 aromatic carbocycles. The Bertz CT molecular complexity index is 981. The van der Waals surface area contributed by atoms with Crippen LogP contribution in [0.1, 0.15) is 26.1 Å². The second-order valence-corrected chi connectivity index (χ2v) is 10.2. The minimum atomic E-state index is -4.10. The van der Waals surface area contributed by atoms with Crippen molar-refractivity contribution in [2.75, 3.05) is 25.7 Å². The maximum absolute atomic E-state index is 12.8. The van der Waals surface area contributed by atoms with Gasteiger partial charge in [-0.25, -0.2) is 4.79 Å². The number of esters is 1. The van der Waals surface area contributed by atoms with Gasteiger partial charge in [0, 0.05) is 11.5 Å². The van der Waals surface area contributed by atoms with Gasteiger partial charge in [0.15, 0.2) is 11.5 Å². The molecule has 28 heavy (non-hydrogen) atoms. The van der Waals surface area contributed by atoms with E-state index in [0.29, 0.717) is 15.9 Å². The summed E-state index contributed by atoms with van der Waals surface area (Å²) in [6.45, 7) is 1.59. The molecule has 2 aromatic rings. The van der Waals surface area contributed by atoms with E-state index in [1.807, 2.05) is 35.7 Å². The van der Waals surface area contributed by atoms with E-state index >= 15 is 0 Å². The molecule has 0 unspecified atom stereocenters. The molecule has 1 heterocycles. The summed E-state index contributed by atoms with van der Waals surface area (Å²) in [5.41, 5.74) is 1.72. The first-order chi connectivity index (χ1) is 13.4. The monoisotopic (exact) mass is 440 g/mol. The van der Waals surface area contributed by atoms with E-state index in [2.05, 4.69) is 4.74 Å². The molecule has 1 fully saturated rings. The molecular formula is C19H20O6S3. The first-order valence-electron chi connectivity index (χ1n) is 8.40. The van der Waals surface area contributed by atoms with Crippen LogP contribution in [0.5, 0.6) is 11.5 Å². The lowest BCUT2D eigenvalue weighted by Gasteiger charge is -2.15. The highest BCUT2D eigenvalue weighted by molar-refractivity contribution is 8.19. The maximum Gasteiger partial charge on any atom is 0.339 e. The molecule has 0 radical (unpaired) electrons. The largest absolute Gasteiger partial charge is 0.493 e. The van der Waals surface area contributed by atoms with Crippen LogP contribution in [0.15, 0.2) is 41.3 Å². The van der Waals surface area contributed by atoms with Gasteiger partial charge in [0.05, 0.1) is 24.4 Å². The average Bonchev–Trinajstić information content (AvgIpc) is 3.21. The lowest BCUT2D eigenvalue weighted by atomic mass is 10.1. The maximum atomic E-state index is 12.8. The fourth-order valence-electron chi connectivity index (χ4n) is 2.79. The molecule has 1 saturated heterocycles. The Balaban J connectivity index is 1.88. The lowest BCUT2D eigenvalue weighted by molar-refractivity contribution is 0.0600. The standard InChI is InChI=1S/C19H20O6S3/c1-12-10-13(18(20)24-3)5-7-17(12)28(21,22)25-15-6-4-14(11-16(15)23-2)19-26-8-9-27-19/h4-7,10-11,19H,8-9H2,1-3H3. The summed E-state index contributed by atoms with van der Waals surface area (Å²) in [5, 5.41) is 0. The average molecular weight is 441 g/mol. The van der Waals surface area contributed by atoms with Crippen LogP contribution in [0.2, 0.25) is 0 Å². The van der Waals surface area contributed by atoms with Gasteiger partial charge in [-0.15, -0.1) is 23.5 Å². The van der Waals surface area contributed by atoms with E-state index in [-0.39, 0.29) is 16.2 Å². The Morgan fingerprint density at radius 3 is 2.36 bits per heavy atom. The molecule has 150 valence electrons. The number of rotatable bonds is 6. The van der Waals surface area contributed by atoms with E-state index in [1.54, 1.807) is 13.0 Å². The van der Waals surface area contributed by atoms with Gasteiger partial charge >= 0.3 is 16.1 Å². The van der Waals surface area contributed by atoms with Crippen LogP contribution in [0.25, 0.3) is 0 Å². The molecule has 0 amide bonds. The topological polar surface area (TPSA) is 78.9 Å². The van der Waals surface area contributed by atoms with Gasteiger partial charge in [-0.05, 0) is 48.4 Å². The first kappa shape index (κ1) is 20.9. The molecular weight excluding hydrogens is 420 g/mol. The zero-order chi connectivity index (χ0) is 20.3. The number of methoxy groups -OCH3 is 2. The quantitative estimate of drug-likeness (QED) is 0.492. The van der Waals surface area contributed by atoms with Crippen molar-refractivity contribution in [1.29, 1.82) is 0 Å². The van der Waals surface area contributed by atoms with Crippen molar-refractivity contribution < 1.29 is 26.9 Å². The van der Waals surface area contributed by atoms with Crippen molar-refractivity contribution in [3.8, 4) is 11.5 Å². The minimum absolute atomic E-state index is 0.0202. The van der Waals surface area contributed by atoms with Crippen LogP contribution in [0.3, 0.4) is 0 Å². The summed E-state index contributed by atoms with van der Waals surface area (Å²) in [6, 6.07) is 9.47. The summed E-state index contributed by atoms with van der Waals surface area (Å²) in [5.74, 6) is 2.12. The van der Waals surface area contributed by atoms with Crippen molar-refractivity contribution in [1.82, 2.24) is 0 Å². The van der Waals surface area contributed by atoms with Crippen LogP contribution in [0, 0.1) is 6.92 Å². The van der Waals surface area contributed by atoms with Gasteiger partial charge in [-0.2, -0.15) is 8.42 Å². The summed E-state index contributed by atoms with van der Waals surface area (Å²) in [4.78, 5) is 11.6. The lowest BCUT2D eigenvalue weighted by Crippen LogP contribution is -2.13. The van der Waals surface area contributed by atoms with Crippen molar-refractivity contribution in [3.05, 3.63) is 53.1 Å². The third-order valence-electron chi connectivity index (χ3n) is 4.15. The molecule has 0 atom stereocenters. The molecule has 1 aliphatic rings. The smallest absolute Gasteiger partial charge is 0.339 e. The van der Waals surface area contributed by atoms with Crippen LogP contribution >= 0.6 is 23.5 Å². The van der Waals surface area contributed by atoms with Gasteiger partial charge in [-0.3, -0.25) is 0 Å². The number of thioether (sulfide) groups is 2. The fourth-order valence-corrected chi connectivity index (χ4v) is 6.78. The van der Waals surface area contributed by atoms with E-state index in [0.717, 1.165) is 17.1 Å². The zero-order valence-electron chi connectivity index (χ0n) is 15.6. The molecule has 0 N–H and O–H groups in total. The number of benzene rings is 2. The van der Waals surface area contributed by atoms with E-state index < -0.39 is 16.1 Å². The molecule has 3 rings (SSSR count). The Kier molecular flexibility index (Phi) is 6.47. The third kappa shape index (κ3) is 4.42. The normalized spacial score (nSPS) is 14.7. The number of carbonyl (C=O) groups is 1. The van der Waals surface area contributed by atoms with Crippen molar-refractivity contribution in [3.63, 3.8) is 0 Å². The molecule has 6 nitrogen and oxygen atoms in total. The predicted molar refractivity (Wildman–Crippen MR) is 111 cm³/mol. The summed E-state index contributed by atoms with van der Waals surface area (Å²) in [7, 11) is -1.36. The highest BCUT2D eigenvalue weighted by atomic mass is 32.2. The predicted octanol–water partition coefficient (Wildman–Crippen LogP) is 4.04. The number of hydrogen-bond donors (Lipinski definition) is 0. The Hall–Kier alpha value is -1.84. The number of aryl methyl sites for hydroxylation is 1. The van der Waals surface area contributed by atoms with Crippen LogP contribution in [-0.4, -0.2) is 40.1 Å². The first-order valence-corrected chi connectivity index (χ1v) is 11.9. The molecule has 0 bridgehead atoms. The summed E-state index contributed by atoms with van der Waals surface area (Å²) in [6.07, 6.45) is 0. The molecule has 1 aliphatic heterocycles. The van der Waals surface area contributed by atoms with E-state index in [9.17, 15) is 13.2 Å². The van der Waals surface area contributed by atoms with Gasteiger partial charge in [0.25, 0.3) is 0 Å². The van der Waals surface area contributed by atoms with Crippen molar-refractivity contribution >= 4 is 39.6 Å². The zero-order valence-corrected chi connectivity index (χ0v) is 18.1. The highest BCUT2D eigenvalue weighted by Gasteiger charge is 2.24. The number of hydrogen-bond acceptors (Lipinski definition) is 8. The minimum Gasteiger partial charge on any atom is -0.493 e. The van der Waals surface area contributed by atoms with Gasteiger partial charge in [0.2, 0.25) is 0 Å². The highest BCUT2D eigenvalue weighted by Crippen LogP contribution is 2.47. The fraction of sp³-hybridized carbons (Fsp3) is 0.316.